The molecule has 0 radical (unpaired) electrons. The second kappa shape index (κ2) is 7.98. The molecule has 2 heterocycles. The molecule has 7 heteroatoms. The maximum atomic E-state index is 7.28. The predicted octanol–water partition coefficient (Wildman–Crippen LogP) is 3.84. The zero-order chi connectivity index (χ0) is 19.4. The summed E-state index contributed by atoms with van der Waals surface area (Å²) in [7, 11) is 1.83. The molecule has 1 aromatic carbocycles. The lowest BCUT2D eigenvalue weighted by Gasteiger charge is -2.11. The molecular formula is C20H22N6O. The Bertz CT molecular complexity index is 969. The molecule has 3 aromatic rings. The first kappa shape index (κ1) is 18.5. The number of ether oxygens (including phenoxy) is 1. The van der Waals surface area contributed by atoms with E-state index in [2.05, 4.69) is 33.8 Å². The molecule has 0 fully saturated rings. The largest absolute Gasteiger partial charge is 0.440 e. The van der Waals surface area contributed by atoms with Gasteiger partial charge in [0.1, 0.15) is 5.75 Å². The molecule has 0 atom stereocenters. The first-order valence-corrected chi connectivity index (χ1v) is 8.76. The van der Waals surface area contributed by atoms with Crippen LogP contribution in [0.25, 0.3) is 16.2 Å². The minimum Gasteiger partial charge on any atom is -0.440 e. The van der Waals surface area contributed by atoms with Gasteiger partial charge in [-0.1, -0.05) is 26.0 Å². The number of hydrogen-bond acceptors (Lipinski definition) is 5. The summed E-state index contributed by atoms with van der Waals surface area (Å²) < 4.78 is 7.79. The standard InChI is InChI=1S/C20H22N6O/c1-13(2)17-10-19(26(4)25-17)27-18-9-15(22-3)5-6-16(18)20-23-11-14(7-8-21)12-24-20/h5-6,9-13H,7-8,21H2,1-2,4H3. The van der Waals surface area contributed by atoms with Crippen molar-refractivity contribution in [1.82, 2.24) is 19.7 Å². The van der Waals surface area contributed by atoms with Crippen LogP contribution in [0.2, 0.25) is 0 Å². The van der Waals surface area contributed by atoms with Gasteiger partial charge in [-0.25, -0.2) is 19.5 Å². The van der Waals surface area contributed by atoms with Gasteiger partial charge in [0.25, 0.3) is 0 Å². The van der Waals surface area contributed by atoms with Crippen LogP contribution in [-0.2, 0) is 13.5 Å². The molecule has 0 saturated carbocycles. The van der Waals surface area contributed by atoms with Crippen molar-refractivity contribution in [1.29, 1.82) is 0 Å². The molecule has 0 amide bonds. The molecule has 0 saturated heterocycles. The van der Waals surface area contributed by atoms with Crippen LogP contribution in [0.1, 0.15) is 31.0 Å². The van der Waals surface area contributed by atoms with Crippen LogP contribution in [0.3, 0.4) is 0 Å². The minimum absolute atomic E-state index is 0.293. The Kier molecular flexibility index (Phi) is 5.48. The Morgan fingerprint density at radius 3 is 2.56 bits per heavy atom. The molecule has 0 spiro atoms. The van der Waals surface area contributed by atoms with Gasteiger partial charge in [-0.3, -0.25) is 0 Å². The quantitative estimate of drug-likeness (QED) is 0.674. The summed E-state index contributed by atoms with van der Waals surface area (Å²) in [5.74, 6) is 1.95. The van der Waals surface area contributed by atoms with E-state index < -0.39 is 0 Å². The van der Waals surface area contributed by atoms with Crippen LogP contribution in [0.4, 0.5) is 5.69 Å². The fraction of sp³-hybridized carbons (Fsp3) is 0.300. The molecule has 7 nitrogen and oxygen atoms in total. The second-order valence-corrected chi connectivity index (χ2v) is 6.53. The SMILES string of the molecule is [C-]#[N+]c1ccc(-c2ncc(CCN)cn2)c(Oc2cc(C(C)C)nn2C)c1. The van der Waals surface area contributed by atoms with E-state index in [1.165, 1.54) is 0 Å². The van der Waals surface area contributed by atoms with Crippen LogP contribution in [-0.4, -0.2) is 26.3 Å². The van der Waals surface area contributed by atoms with Gasteiger partial charge >= 0.3 is 0 Å². The molecule has 0 aliphatic carbocycles. The van der Waals surface area contributed by atoms with E-state index >= 15 is 0 Å². The zero-order valence-electron chi connectivity index (χ0n) is 15.7. The van der Waals surface area contributed by atoms with Crippen LogP contribution in [0, 0.1) is 6.57 Å². The van der Waals surface area contributed by atoms with E-state index in [-0.39, 0.29) is 0 Å². The molecule has 2 N–H and O–H groups in total. The first-order valence-electron chi connectivity index (χ1n) is 8.76. The summed E-state index contributed by atoms with van der Waals surface area (Å²) in [6, 6.07) is 7.14. The highest BCUT2D eigenvalue weighted by Crippen LogP contribution is 2.35. The monoisotopic (exact) mass is 362 g/mol. The lowest BCUT2D eigenvalue weighted by atomic mass is 10.1. The Labute approximate surface area is 158 Å². The summed E-state index contributed by atoms with van der Waals surface area (Å²) in [5, 5.41) is 4.47. The summed E-state index contributed by atoms with van der Waals surface area (Å²) in [6.45, 7) is 12.0. The first-order chi connectivity index (χ1) is 13.0. The fourth-order valence-corrected chi connectivity index (χ4v) is 2.60. The van der Waals surface area contributed by atoms with Crippen LogP contribution < -0.4 is 10.5 Å². The highest BCUT2D eigenvalue weighted by molar-refractivity contribution is 5.69. The highest BCUT2D eigenvalue weighted by atomic mass is 16.5. The Morgan fingerprint density at radius 1 is 1.22 bits per heavy atom. The van der Waals surface area contributed by atoms with Gasteiger partial charge in [-0.15, -0.1) is 0 Å². The van der Waals surface area contributed by atoms with Gasteiger partial charge in [0.05, 0.1) is 17.8 Å². The van der Waals surface area contributed by atoms with Gasteiger partial charge < -0.3 is 10.5 Å². The predicted molar refractivity (Wildman–Crippen MR) is 104 cm³/mol. The van der Waals surface area contributed by atoms with Gasteiger partial charge in [-0.05, 0) is 30.5 Å². The number of rotatable bonds is 6. The number of nitrogens with zero attached hydrogens (tertiary/aromatic N) is 5. The fourth-order valence-electron chi connectivity index (χ4n) is 2.60. The molecule has 0 unspecified atom stereocenters. The highest BCUT2D eigenvalue weighted by Gasteiger charge is 2.15. The smallest absolute Gasteiger partial charge is 0.217 e. The maximum absolute atomic E-state index is 7.28. The van der Waals surface area contributed by atoms with E-state index in [0.717, 1.165) is 17.7 Å². The van der Waals surface area contributed by atoms with E-state index in [9.17, 15) is 0 Å². The second-order valence-electron chi connectivity index (χ2n) is 6.53. The molecular weight excluding hydrogens is 340 g/mol. The number of benzene rings is 1. The van der Waals surface area contributed by atoms with Gasteiger partial charge in [-0.2, -0.15) is 5.10 Å². The maximum Gasteiger partial charge on any atom is 0.217 e. The summed E-state index contributed by atoms with van der Waals surface area (Å²) in [6.07, 6.45) is 4.26. The normalized spacial score (nSPS) is 10.8. The number of hydrogen-bond donors (Lipinski definition) is 1. The lowest BCUT2D eigenvalue weighted by Crippen LogP contribution is -2.04. The molecule has 0 aliphatic heterocycles. The van der Waals surface area contributed by atoms with Gasteiger partial charge in [0, 0.05) is 25.5 Å². The Hall–Kier alpha value is -3.24. The number of aryl methyl sites for hydroxylation is 1. The van der Waals surface area contributed by atoms with Crippen molar-refractivity contribution < 1.29 is 4.74 Å². The third kappa shape index (κ3) is 4.13. The Morgan fingerprint density at radius 2 is 1.96 bits per heavy atom. The molecule has 3 rings (SSSR count). The lowest BCUT2D eigenvalue weighted by molar-refractivity contribution is 0.432. The third-order valence-electron chi connectivity index (χ3n) is 4.14. The van der Waals surface area contributed by atoms with Gasteiger partial charge in [0.2, 0.25) is 5.88 Å². The topological polar surface area (TPSA) is 83.2 Å². The van der Waals surface area contributed by atoms with Crippen molar-refractivity contribution in [2.75, 3.05) is 6.54 Å². The van der Waals surface area contributed by atoms with E-state index in [1.54, 1.807) is 35.3 Å². The molecule has 27 heavy (non-hydrogen) atoms. The number of nitrogens with two attached hydrogens (primary N) is 1. The van der Waals surface area contributed by atoms with Crippen molar-refractivity contribution in [3.63, 3.8) is 0 Å². The van der Waals surface area contributed by atoms with Crippen LogP contribution >= 0.6 is 0 Å². The van der Waals surface area contributed by atoms with Crippen molar-refractivity contribution in [3.8, 4) is 23.0 Å². The molecule has 138 valence electrons. The molecule has 2 aromatic heterocycles. The summed E-state index contributed by atoms with van der Waals surface area (Å²) >= 11 is 0. The van der Waals surface area contributed by atoms with E-state index in [0.29, 0.717) is 41.2 Å². The van der Waals surface area contributed by atoms with Crippen molar-refractivity contribution in [2.45, 2.75) is 26.2 Å². The molecule has 0 aliphatic rings. The Balaban J connectivity index is 2.00. The summed E-state index contributed by atoms with van der Waals surface area (Å²) in [4.78, 5) is 12.4. The number of aromatic nitrogens is 4. The summed E-state index contributed by atoms with van der Waals surface area (Å²) in [5.41, 5.74) is 8.70. The average Bonchev–Trinajstić information content (AvgIpc) is 3.03. The van der Waals surface area contributed by atoms with E-state index in [4.69, 9.17) is 17.0 Å². The van der Waals surface area contributed by atoms with Crippen molar-refractivity contribution in [2.24, 2.45) is 12.8 Å². The zero-order valence-corrected chi connectivity index (χ0v) is 15.7. The van der Waals surface area contributed by atoms with Gasteiger partial charge in [0.15, 0.2) is 11.5 Å². The average molecular weight is 362 g/mol. The molecule has 0 bridgehead atoms. The minimum atomic E-state index is 0.293. The van der Waals surface area contributed by atoms with Crippen LogP contribution in [0.5, 0.6) is 11.6 Å². The van der Waals surface area contributed by atoms with Crippen molar-refractivity contribution in [3.05, 3.63) is 59.3 Å². The van der Waals surface area contributed by atoms with Crippen LogP contribution in [0.15, 0.2) is 36.7 Å². The van der Waals surface area contributed by atoms with Crippen molar-refractivity contribution >= 4 is 5.69 Å². The third-order valence-corrected chi connectivity index (χ3v) is 4.14. The van der Waals surface area contributed by atoms with E-state index in [1.807, 2.05) is 13.1 Å².